The van der Waals surface area contributed by atoms with Gasteiger partial charge in [-0.1, -0.05) is 6.07 Å². The van der Waals surface area contributed by atoms with E-state index >= 15 is 0 Å². The van der Waals surface area contributed by atoms with Crippen LogP contribution in [0.5, 0.6) is 11.5 Å². The molecule has 0 saturated heterocycles. The van der Waals surface area contributed by atoms with Gasteiger partial charge in [0.25, 0.3) is 5.91 Å². The Labute approximate surface area is 203 Å². The minimum absolute atomic E-state index is 0.0866. The molecule has 35 heavy (non-hydrogen) atoms. The summed E-state index contributed by atoms with van der Waals surface area (Å²) in [5, 5.41) is 2.61. The van der Waals surface area contributed by atoms with Crippen molar-refractivity contribution in [1.29, 1.82) is 0 Å². The van der Waals surface area contributed by atoms with Crippen LogP contribution in [0.15, 0.2) is 41.4 Å². The van der Waals surface area contributed by atoms with E-state index in [0.717, 1.165) is 0 Å². The minimum atomic E-state index is -0.897. The van der Waals surface area contributed by atoms with Crippen LogP contribution < -0.4 is 26.3 Å². The Morgan fingerprint density at radius 2 is 1.91 bits per heavy atom. The predicted molar refractivity (Wildman–Crippen MR) is 130 cm³/mol. The van der Waals surface area contributed by atoms with Crippen LogP contribution in [-0.4, -0.2) is 42.1 Å². The Bertz CT molecular complexity index is 1170. The number of nitrogens with zero attached hydrogens (tertiary/aromatic N) is 1. The van der Waals surface area contributed by atoms with Gasteiger partial charge in [-0.15, -0.1) is 0 Å². The number of aliphatic imine (C=N–C) groups is 1. The number of esters is 2. The highest BCUT2D eigenvalue weighted by molar-refractivity contribution is 6.00. The predicted octanol–water partition coefficient (Wildman–Crippen LogP) is 2.60. The zero-order chi connectivity index (χ0) is 25.8. The number of nitrogens with two attached hydrogens (primary N) is 2. The first-order valence-electron chi connectivity index (χ1n) is 11.2. The number of benzene rings is 2. The normalized spacial score (nSPS) is 14.2. The summed E-state index contributed by atoms with van der Waals surface area (Å²) in [5.74, 6) is -1.61. The molecule has 10 heteroatoms. The number of guanidine groups is 1. The third-order valence-corrected chi connectivity index (χ3v) is 4.94. The molecule has 2 aromatic rings. The van der Waals surface area contributed by atoms with Crippen LogP contribution in [0.1, 0.15) is 60.4 Å². The third kappa shape index (κ3) is 6.72. The van der Waals surface area contributed by atoms with E-state index in [4.69, 9.17) is 25.7 Å². The zero-order valence-electron chi connectivity index (χ0n) is 20.2. The van der Waals surface area contributed by atoms with Crippen molar-refractivity contribution in [2.45, 2.75) is 52.2 Å². The SMILES string of the molecule is CC(NC(=O)c1cccc2c1OCCCc1cc(N=C(N)N)ccc1C(=O)O2)C(=O)OC(C)(C)C. The van der Waals surface area contributed by atoms with Gasteiger partial charge in [0.1, 0.15) is 11.6 Å². The fraction of sp³-hybridized carbons (Fsp3) is 0.360. The Morgan fingerprint density at radius 3 is 2.60 bits per heavy atom. The van der Waals surface area contributed by atoms with E-state index < -0.39 is 29.5 Å². The summed E-state index contributed by atoms with van der Waals surface area (Å²) in [4.78, 5) is 42.3. The van der Waals surface area contributed by atoms with E-state index in [1.54, 1.807) is 45.0 Å². The second-order valence-electron chi connectivity index (χ2n) is 9.08. The molecule has 5 N–H and O–H groups in total. The lowest BCUT2D eigenvalue weighted by Gasteiger charge is -2.23. The van der Waals surface area contributed by atoms with Crippen molar-refractivity contribution in [3.8, 4) is 11.5 Å². The molecule has 10 nitrogen and oxygen atoms in total. The summed E-state index contributed by atoms with van der Waals surface area (Å²) in [6.45, 7) is 7.01. The maximum atomic E-state index is 13.0. The van der Waals surface area contributed by atoms with Gasteiger partial charge in [-0.05, 0) is 76.4 Å². The number of carbonyl (C=O) groups is 3. The number of hydrogen-bond acceptors (Lipinski definition) is 7. The summed E-state index contributed by atoms with van der Waals surface area (Å²) in [5.41, 5.74) is 11.9. The number of amides is 1. The Morgan fingerprint density at radius 1 is 1.17 bits per heavy atom. The molecule has 1 aliphatic heterocycles. The molecule has 1 unspecified atom stereocenters. The van der Waals surface area contributed by atoms with E-state index in [2.05, 4.69) is 10.3 Å². The number of hydrogen-bond donors (Lipinski definition) is 3. The smallest absolute Gasteiger partial charge is 0.343 e. The molecule has 1 heterocycles. The average Bonchev–Trinajstić information content (AvgIpc) is 2.75. The molecule has 0 saturated carbocycles. The molecule has 0 fully saturated rings. The maximum Gasteiger partial charge on any atom is 0.343 e. The first-order valence-corrected chi connectivity index (χ1v) is 11.2. The second-order valence-corrected chi connectivity index (χ2v) is 9.08. The van der Waals surface area contributed by atoms with Gasteiger partial charge in [0.2, 0.25) is 0 Å². The van der Waals surface area contributed by atoms with E-state index in [0.29, 0.717) is 29.7 Å². The van der Waals surface area contributed by atoms with Crippen LogP contribution in [0.25, 0.3) is 0 Å². The Hall–Kier alpha value is -4.08. The number of aryl methyl sites for hydroxylation is 1. The van der Waals surface area contributed by atoms with E-state index in [9.17, 15) is 14.4 Å². The van der Waals surface area contributed by atoms with Crippen LogP contribution in [0.2, 0.25) is 0 Å². The summed E-state index contributed by atoms with van der Waals surface area (Å²) in [6, 6.07) is 8.68. The van der Waals surface area contributed by atoms with Gasteiger partial charge in [0.15, 0.2) is 17.5 Å². The molecule has 0 radical (unpaired) electrons. The highest BCUT2D eigenvalue weighted by atomic mass is 16.6. The molecule has 0 bridgehead atoms. The van der Waals surface area contributed by atoms with Gasteiger partial charge < -0.3 is 31.0 Å². The molecule has 0 spiro atoms. The maximum absolute atomic E-state index is 13.0. The minimum Gasteiger partial charge on any atom is -0.489 e. The summed E-state index contributed by atoms with van der Waals surface area (Å²) >= 11 is 0. The first-order chi connectivity index (χ1) is 16.4. The number of nitrogens with one attached hydrogen (secondary N) is 1. The van der Waals surface area contributed by atoms with E-state index in [1.807, 2.05) is 0 Å². The third-order valence-electron chi connectivity index (χ3n) is 4.94. The van der Waals surface area contributed by atoms with Crippen molar-refractivity contribution in [2.75, 3.05) is 6.61 Å². The van der Waals surface area contributed by atoms with Crippen LogP contribution >= 0.6 is 0 Å². The number of fused-ring (bicyclic) bond motifs is 2. The molecule has 1 atom stereocenters. The molecule has 3 rings (SSSR count). The van der Waals surface area contributed by atoms with Gasteiger partial charge in [0.05, 0.1) is 23.4 Å². The van der Waals surface area contributed by atoms with Crippen LogP contribution in [0, 0.1) is 0 Å². The fourth-order valence-electron chi connectivity index (χ4n) is 3.44. The standard InChI is InChI=1S/C25H30N4O6/c1-14(22(31)35-25(2,3)4)28-21(30)18-8-5-9-19-20(18)33-12-6-7-15-13-16(29-24(26)27)10-11-17(15)23(32)34-19/h5,8-11,13-14H,6-7,12H2,1-4H3,(H,28,30)(H4,26,27,29). The monoisotopic (exact) mass is 482 g/mol. The van der Waals surface area contributed by atoms with Gasteiger partial charge in [-0.2, -0.15) is 0 Å². The van der Waals surface area contributed by atoms with Crippen LogP contribution in [0.4, 0.5) is 5.69 Å². The topological polar surface area (TPSA) is 155 Å². The average molecular weight is 483 g/mol. The number of ether oxygens (including phenoxy) is 3. The molecule has 1 amide bonds. The van der Waals surface area contributed by atoms with E-state index in [-0.39, 0.29) is 29.6 Å². The number of carbonyl (C=O) groups excluding carboxylic acids is 3. The molecule has 0 aromatic heterocycles. The lowest BCUT2D eigenvalue weighted by atomic mass is 10.0. The highest BCUT2D eigenvalue weighted by Gasteiger charge is 2.27. The van der Waals surface area contributed by atoms with Crippen molar-refractivity contribution >= 4 is 29.5 Å². The summed E-state index contributed by atoms with van der Waals surface area (Å²) < 4.78 is 16.8. The van der Waals surface area contributed by atoms with Gasteiger partial charge in [-0.3, -0.25) is 4.79 Å². The van der Waals surface area contributed by atoms with Crippen molar-refractivity contribution in [3.63, 3.8) is 0 Å². The highest BCUT2D eigenvalue weighted by Crippen LogP contribution is 2.34. The van der Waals surface area contributed by atoms with Crippen molar-refractivity contribution < 1.29 is 28.6 Å². The van der Waals surface area contributed by atoms with Crippen molar-refractivity contribution in [3.05, 3.63) is 53.1 Å². The van der Waals surface area contributed by atoms with Crippen molar-refractivity contribution in [1.82, 2.24) is 5.32 Å². The van der Waals surface area contributed by atoms with Gasteiger partial charge in [0, 0.05) is 0 Å². The first kappa shape index (κ1) is 25.5. The van der Waals surface area contributed by atoms with Crippen LogP contribution in [-0.2, 0) is 16.0 Å². The largest absolute Gasteiger partial charge is 0.489 e. The molecule has 1 aliphatic rings. The van der Waals surface area contributed by atoms with Crippen molar-refractivity contribution in [2.24, 2.45) is 16.5 Å². The Balaban J connectivity index is 1.87. The van der Waals surface area contributed by atoms with E-state index in [1.165, 1.54) is 19.1 Å². The summed E-state index contributed by atoms with van der Waals surface area (Å²) in [7, 11) is 0. The Kier molecular flexibility index (Phi) is 7.63. The lowest BCUT2D eigenvalue weighted by molar-refractivity contribution is -0.156. The molecule has 0 aliphatic carbocycles. The summed E-state index contributed by atoms with van der Waals surface area (Å²) in [6.07, 6.45) is 1.05. The molecule has 186 valence electrons. The fourth-order valence-corrected chi connectivity index (χ4v) is 3.44. The number of para-hydroxylation sites is 1. The molecular weight excluding hydrogens is 452 g/mol. The van der Waals surface area contributed by atoms with Gasteiger partial charge in [-0.25, -0.2) is 14.6 Å². The lowest BCUT2D eigenvalue weighted by Crippen LogP contribution is -2.42. The van der Waals surface area contributed by atoms with Crippen LogP contribution in [0.3, 0.4) is 0 Å². The quantitative estimate of drug-likeness (QED) is 0.260. The molecular formula is C25H30N4O6. The second kappa shape index (κ2) is 10.5. The van der Waals surface area contributed by atoms with Gasteiger partial charge >= 0.3 is 11.9 Å². The number of rotatable bonds is 4. The molecule has 2 aromatic carbocycles. The zero-order valence-corrected chi connectivity index (χ0v) is 20.2.